The van der Waals surface area contributed by atoms with Crippen LogP contribution in [-0.2, 0) is 13.0 Å². The molecule has 5 rings (SSSR count). The number of hydrogen-bond acceptors (Lipinski definition) is 5. The molecule has 7 heteroatoms. The van der Waals surface area contributed by atoms with Gasteiger partial charge < -0.3 is 15.2 Å². The highest BCUT2D eigenvalue weighted by atomic mass is 16.2. The van der Waals surface area contributed by atoms with Crippen molar-refractivity contribution in [3.63, 3.8) is 0 Å². The molecule has 0 saturated carbocycles. The van der Waals surface area contributed by atoms with E-state index in [2.05, 4.69) is 20.6 Å². The van der Waals surface area contributed by atoms with E-state index in [9.17, 15) is 9.59 Å². The second-order valence-corrected chi connectivity index (χ2v) is 8.78. The van der Waals surface area contributed by atoms with Crippen molar-refractivity contribution in [3.8, 4) is 0 Å². The molecule has 37 heavy (non-hydrogen) atoms. The molecule has 0 fully saturated rings. The van der Waals surface area contributed by atoms with Crippen LogP contribution in [0.3, 0.4) is 0 Å². The van der Waals surface area contributed by atoms with Gasteiger partial charge in [0.25, 0.3) is 11.5 Å². The molecular formula is C30H27N5O2. The number of aryl methyl sites for hydroxylation is 1. The van der Waals surface area contributed by atoms with Gasteiger partial charge in [0.15, 0.2) is 0 Å². The highest BCUT2D eigenvalue weighted by Gasteiger charge is 2.13. The summed E-state index contributed by atoms with van der Waals surface area (Å²) < 4.78 is 1.55. The molecule has 3 aromatic carbocycles. The smallest absolute Gasteiger partial charge is 0.263 e. The van der Waals surface area contributed by atoms with Gasteiger partial charge in [-0.05, 0) is 54.3 Å². The standard InChI is InChI=1S/C30H27N5O2/c36-28(26-15-8-18-35(29(26)37)21-23-9-2-1-3-10-23)33-25-14-6-11-22(19-25)12-7-17-31-30-32-20-24-13-4-5-16-27(24)34-30/h1-6,8-11,13-16,18-20H,7,12,17,21H2,(H,33,36)(H,31,32,34). The minimum Gasteiger partial charge on any atom is -0.354 e. The number of pyridine rings is 1. The number of carbonyl (C=O) groups excluding carboxylic acids is 1. The van der Waals surface area contributed by atoms with Crippen LogP contribution in [0.4, 0.5) is 11.6 Å². The molecular weight excluding hydrogens is 462 g/mol. The van der Waals surface area contributed by atoms with E-state index in [1.54, 1.807) is 22.9 Å². The van der Waals surface area contributed by atoms with Crippen molar-refractivity contribution >= 4 is 28.4 Å². The van der Waals surface area contributed by atoms with E-state index in [0.29, 0.717) is 18.2 Å². The Hall–Kier alpha value is -4.78. The van der Waals surface area contributed by atoms with Crippen molar-refractivity contribution in [2.75, 3.05) is 17.2 Å². The summed E-state index contributed by atoms with van der Waals surface area (Å²) in [5.41, 5.74) is 3.45. The van der Waals surface area contributed by atoms with Crippen LogP contribution in [0.25, 0.3) is 10.9 Å². The van der Waals surface area contributed by atoms with Gasteiger partial charge in [-0.3, -0.25) is 9.59 Å². The minimum atomic E-state index is -0.417. The van der Waals surface area contributed by atoms with E-state index in [4.69, 9.17) is 0 Å². The van der Waals surface area contributed by atoms with E-state index in [1.165, 1.54) is 0 Å². The molecule has 0 spiro atoms. The Morgan fingerprint density at radius 1 is 0.865 bits per heavy atom. The molecule has 5 aromatic rings. The van der Waals surface area contributed by atoms with Gasteiger partial charge in [-0.2, -0.15) is 0 Å². The van der Waals surface area contributed by atoms with Crippen molar-refractivity contribution in [2.45, 2.75) is 19.4 Å². The Kier molecular flexibility index (Phi) is 7.31. The lowest BCUT2D eigenvalue weighted by Gasteiger charge is -2.10. The highest BCUT2D eigenvalue weighted by Crippen LogP contribution is 2.15. The van der Waals surface area contributed by atoms with Crippen molar-refractivity contribution in [1.29, 1.82) is 0 Å². The van der Waals surface area contributed by atoms with Gasteiger partial charge in [-0.25, -0.2) is 9.97 Å². The Bertz CT molecular complexity index is 1580. The third-order valence-corrected chi connectivity index (χ3v) is 6.06. The molecule has 0 radical (unpaired) electrons. The molecule has 2 N–H and O–H groups in total. The van der Waals surface area contributed by atoms with Crippen LogP contribution in [0, 0.1) is 0 Å². The predicted octanol–water partition coefficient (Wildman–Crippen LogP) is 5.14. The maximum absolute atomic E-state index is 12.9. The average molecular weight is 490 g/mol. The molecule has 0 aliphatic carbocycles. The molecule has 1 amide bonds. The van der Waals surface area contributed by atoms with Crippen molar-refractivity contribution in [1.82, 2.24) is 14.5 Å². The topological polar surface area (TPSA) is 88.9 Å². The van der Waals surface area contributed by atoms with Crippen LogP contribution in [0.15, 0.2) is 108 Å². The van der Waals surface area contributed by atoms with Crippen LogP contribution >= 0.6 is 0 Å². The van der Waals surface area contributed by atoms with E-state index >= 15 is 0 Å². The first-order chi connectivity index (χ1) is 18.2. The number of para-hydroxylation sites is 1. The summed E-state index contributed by atoms with van der Waals surface area (Å²) in [7, 11) is 0. The van der Waals surface area contributed by atoms with Crippen molar-refractivity contribution in [2.24, 2.45) is 0 Å². The van der Waals surface area contributed by atoms with Gasteiger partial charge in [0.1, 0.15) is 5.56 Å². The molecule has 0 aliphatic rings. The van der Waals surface area contributed by atoms with Gasteiger partial charge in [-0.15, -0.1) is 0 Å². The van der Waals surface area contributed by atoms with Crippen LogP contribution < -0.4 is 16.2 Å². The van der Waals surface area contributed by atoms with E-state index in [-0.39, 0.29) is 11.1 Å². The fraction of sp³-hybridized carbons (Fsp3) is 0.133. The summed E-state index contributed by atoms with van der Waals surface area (Å²) in [6.07, 6.45) is 5.21. The summed E-state index contributed by atoms with van der Waals surface area (Å²) in [6.45, 7) is 1.13. The summed E-state index contributed by atoms with van der Waals surface area (Å²) in [5, 5.41) is 7.16. The number of fused-ring (bicyclic) bond motifs is 1. The monoisotopic (exact) mass is 489 g/mol. The fourth-order valence-electron chi connectivity index (χ4n) is 4.17. The lowest BCUT2D eigenvalue weighted by Crippen LogP contribution is -2.29. The van der Waals surface area contributed by atoms with Crippen molar-refractivity contribution in [3.05, 3.63) is 130 Å². The lowest BCUT2D eigenvalue weighted by molar-refractivity contribution is 0.102. The quantitative estimate of drug-likeness (QED) is 0.280. The zero-order valence-electron chi connectivity index (χ0n) is 20.3. The molecule has 0 unspecified atom stereocenters. The maximum atomic E-state index is 12.9. The van der Waals surface area contributed by atoms with Crippen LogP contribution in [0.5, 0.6) is 0 Å². The number of anilines is 2. The van der Waals surface area contributed by atoms with Crippen LogP contribution in [-0.4, -0.2) is 27.0 Å². The summed E-state index contributed by atoms with van der Waals surface area (Å²) in [6, 6.07) is 28.6. The molecule has 0 aliphatic heterocycles. The molecule has 2 heterocycles. The molecule has 0 saturated heterocycles. The number of benzene rings is 3. The summed E-state index contributed by atoms with van der Waals surface area (Å²) in [4.78, 5) is 34.7. The third kappa shape index (κ3) is 6.08. The normalized spacial score (nSPS) is 10.8. The number of carbonyl (C=O) groups is 1. The van der Waals surface area contributed by atoms with Crippen molar-refractivity contribution < 1.29 is 4.79 Å². The first kappa shape index (κ1) is 23.9. The highest BCUT2D eigenvalue weighted by molar-refractivity contribution is 6.04. The maximum Gasteiger partial charge on any atom is 0.263 e. The molecule has 0 bridgehead atoms. The minimum absolute atomic E-state index is 0.114. The van der Waals surface area contributed by atoms with Gasteiger partial charge in [-0.1, -0.05) is 60.7 Å². The Morgan fingerprint density at radius 3 is 2.57 bits per heavy atom. The Labute approximate surface area is 214 Å². The van der Waals surface area contributed by atoms with Crippen LogP contribution in [0.2, 0.25) is 0 Å². The van der Waals surface area contributed by atoms with Gasteiger partial charge in [0.2, 0.25) is 5.95 Å². The number of amides is 1. The van der Waals surface area contributed by atoms with Crippen LogP contribution in [0.1, 0.15) is 27.9 Å². The number of aromatic nitrogens is 3. The second-order valence-electron chi connectivity index (χ2n) is 8.78. The fourth-order valence-corrected chi connectivity index (χ4v) is 4.17. The summed E-state index contributed by atoms with van der Waals surface area (Å²) in [5.74, 6) is 0.195. The molecule has 7 nitrogen and oxygen atoms in total. The number of nitrogens with zero attached hydrogens (tertiary/aromatic N) is 3. The number of rotatable bonds is 9. The molecule has 184 valence electrons. The largest absolute Gasteiger partial charge is 0.354 e. The third-order valence-electron chi connectivity index (χ3n) is 6.06. The van der Waals surface area contributed by atoms with E-state index in [1.807, 2.05) is 85.1 Å². The Morgan fingerprint density at radius 2 is 1.68 bits per heavy atom. The van der Waals surface area contributed by atoms with E-state index in [0.717, 1.165) is 41.4 Å². The summed E-state index contributed by atoms with van der Waals surface area (Å²) >= 11 is 0. The average Bonchev–Trinajstić information content (AvgIpc) is 2.93. The second kappa shape index (κ2) is 11.3. The van der Waals surface area contributed by atoms with Gasteiger partial charge in [0.05, 0.1) is 12.1 Å². The predicted molar refractivity (Wildman–Crippen MR) is 147 cm³/mol. The number of hydrogen-bond donors (Lipinski definition) is 2. The first-order valence-corrected chi connectivity index (χ1v) is 12.2. The lowest BCUT2D eigenvalue weighted by atomic mass is 10.1. The number of nitrogens with one attached hydrogen (secondary N) is 2. The van der Waals surface area contributed by atoms with Gasteiger partial charge >= 0.3 is 0 Å². The zero-order chi connectivity index (χ0) is 25.5. The Balaban J connectivity index is 1.17. The van der Waals surface area contributed by atoms with Gasteiger partial charge in [0, 0.05) is 30.0 Å². The first-order valence-electron chi connectivity index (χ1n) is 12.2. The molecule has 2 aromatic heterocycles. The SMILES string of the molecule is O=C(Nc1cccc(CCCNc2ncc3ccccc3n2)c1)c1cccn(Cc2ccccc2)c1=O. The zero-order valence-corrected chi connectivity index (χ0v) is 20.3. The van der Waals surface area contributed by atoms with E-state index < -0.39 is 5.91 Å². The molecule has 0 atom stereocenters.